The van der Waals surface area contributed by atoms with Crippen LogP contribution < -0.4 is 11.1 Å². The Hall–Kier alpha value is -2.08. The molecule has 6 nitrogen and oxygen atoms in total. The number of phenols is 1. The highest BCUT2D eigenvalue weighted by atomic mass is 16.5. The van der Waals surface area contributed by atoms with Crippen molar-refractivity contribution in [1.29, 1.82) is 0 Å². The van der Waals surface area contributed by atoms with E-state index in [2.05, 4.69) is 5.32 Å². The Morgan fingerprint density at radius 1 is 1.35 bits per heavy atom. The van der Waals surface area contributed by atoms with E-state index in [0.717, 1.165) is 5.56 Å². The minimum Gasteiger partial charge on any atom is -0.508 e. The molecule has 1 amide bonds. The molecular weight excluding hydrogens is 260 g/mol. The minimum atomic E-state index is -0.794. The predicted octanol–water partition coefficient (Wildman–Crippen LogP) is 0.330. The molecule has 2 unspecified atom stereocenters. The molecule has 0 heterocycles. The van der Waals surface area contributed by atoms with E-state index in [1.807, 2.05) is 0 Å². The lowest BCUT2D eigenvalue weighted by Gasteiger charge is -2.18. The second-order valence-electron chi connectivity index (χ2n) is 4.47. The summed E-state index contributed by atoms with van der Waals surface area (Å²) in [7, 11) is 0. The van der Waals surface area contributed by atoms with E-state index in [1.54, 1.807) is 19.1 Å². The molecule has 6 heteroatoms. The predicted molar refractivity (Wildman–Crippen MR) is 74.0 cm³/mol. The monoisotopic (exact) mass is 280 g/mol. The van der Waals surface area contributed by atoms with Gasteiger partial charge >= 0.3 is 5.97 Å². The average molecular weight is 280 g/mol. The Balaban J connectivity index is 2.79. The van der Waals surface area contributed by atoms with Crippen LogP contribution in [0.4, 0.5) is 0 Å². The molecule has 0 aromatic heterocycles. The molecular formula is C14H20N2O4. The Labute approximate surface area is 117 Å². The van der Waals surface area contributed by atoms with Gasteiger partial charge in [-0.1, -0.05) is 12.1 Å². The van der Waals surface area contributed by atoms with Crippen molar-refractivity contribution in [3.8, 4) is 5.75 Å². The first kappa shape index (κ1) is 16.0. The zero-order chi connectivity index (χ0) is 15.1. The second-order valence-corrected chi connectivity index (χ2v) is 4.47. The summed E-state index contributed by atoms with van der Waals surface area (Å²) in [6.07, 6.45) is 0.275. The van der Waals surface area contributed by atoms with Gasteiger partial charge in [0.05, 0.1) is 12.6 Å². The van der Waals surface area contributed by atoms with Gasteiger partial charge < -0.3 is 20.9 Å². The smallest absolute Gasteiger partial charge is 0.328 e. The number of nitrogens with two attached hydrogens (primary N) is 1. The van der Waals surface area contributed by atoms with Crippen LogP contribution in [-0.2, 0) is 20.7 Å². The molecule has 0 bridgehead atoms. The lowest BCUT2D eigenvalue weighted by molar-refractivity contribution is -0.147. The van der Waals surface area contributed by atoms with Crippen LogP contribution in [0.1, 0.15) is 19.4 Å². The molecule has 2 atom stereocenters. The van der Waals surface area contributed by atoms with Gasteiger partial charge in [0.25, 0.3) is 0 Å². The number of nitrogens with one attached hydrogen (secondary N) is 1. The number of amides is 1. The topological polar surface area (TPSA) is 102 Å². The molecule has 1 aromatic carbocycles. The molecule has 1 rings (SSSR count). The van der Waals surface area contributed by atoms with Crippen LogP contribution in [0, 0.1) is 0 Å². The number of hydrogen-bond donors (Lipinski definition) is 3. The van der Waals surface area contributed by atoms with Crippen LogP contribution in [0.5, 0.6) is 5.75 Å². The standard InChI is InChI=1S/C14H20N2O4/c1-3-20-14(19)12(16-13(18)9(2)15)8-10-4-6-11(17)7-5-10/h4-7,9,12,17H,3,8,15H2,1-2H3,(H,16,18). The van der Waals surface area contributed by atoms with Crippen LogP contribution in [0.25, 0.3) is 0 Å². The zero-order valence-electron chi connectivity index (χ0n) is 11.6. The Kier molecular flexibility index (Phi) is 5.99. The SMILES string of the molecule is CCOC(=O)C(Cc1ccc(O)cc1)NC(=O)C(C)N. The molecule has 0 aliphatic heterocycles. The first-order chi connectivity index (χ1) is 9.43. The molecule has 0 spiro atoms. The Morgan fingerprint density at radius 2 is 1.95 bits per heavy atom. The van der Waals surface area contributed by atoms with Crippen LogP contribution in [0.2, 0.25) is 0 Å². The van der Waals surface area contributed by atoms with Gasteiger partial charge in [-0.3, -0.25) is 4.79 Å². The first-order valence-corrected chi connectivity index (χ1v) is 6.44. The van der Waals surface area contributed by atoms with Gasteiger partial charge in [-0.15, -0.1) is 0 Å². The first-order valence-electron chi connectivity index (χ1n) is 6.44. The normalized spacial score (nSPS) is 13.3. The number of benzene rings is 1. The van der Waals surface area contributed by atoms with Crippen molar-refractivity contribution in [1.82, 2.24) is 5.32 Å². The van der Waals surface area contributed by atoms with E-state index in [0.29, 0.717) is 0 Å². The molecule has 4 N–H and O–H groups in total. The van der Waals surface area contributed by atoms with Crippen molar-refractivity contribution < 1.29 is 19.4 Å². The van der Waals surface area contributed by atoms with Crippen molar-refractivity contribution in [3.05, 3.63) is 29.8 Å². The number of ether oxygens (including phenoxy) is 1. The number of esters is 1. The van der Waals surface area contributed by atoms with Crippen LogP contribution in [-0.4, -0.2) is 35.7 Å². The molecule has 20 heavy (non-hydrogen) atoms. The highest BCUT2D eigenvalue weighted by Gasteiger charge is 2.23. The summed E-state index contributed by atoms with van der Waals surface area (Å²) < 4.78 is 4.94. The van der Waals surface area contributed by atoms with Crippen molar-refractivity contribution >= 4 is 11.9 Å². The molecule has 0 aliphatic rings. The molecule has 110 valence electrons. The molecule has 0 radical (unpaired) electrons. The van der Waals surface area contributed by atoms with Crippen molar-refractivity contribution in [2.24, 2.45) is 5.73 Å². The van der Waals surface area contributed by atoms with E-state index in [4.69, 9.17) is 10.5 Å². The van der Waals surface area contributed by atoms with E-state index >= 15 is 0 Å². The molecule has 0 saturated carbocycles. The Bertz CT molecular complexity index is 457. The number of rotatable bonds is 6. The number of carbonyl (C=O) groups excluding carboxylic acids is 2. The lowest BCUT2D eigenvalue weighted by Crippen LogP contribution is -2.48. The molecule has 0 aliphatic carbocycles. The summed E-state index contributed by atoms with van der Waals surface area (Å²) in [4.78, 5) is 23.5. The number of hydrogen-bond acceptors (Lipinski definition) is 5. The van der Waals surface area contributed by atoms with Crippen LogP contribution in [0.3, 0.4) is 0 Å². The van der Waals surface area contributed by atoms with Gasteiger partial charge in [-0.05, 0) is 31.5 Å². The summed E-state index contributed by atoms with van der Waals surface area (Å²) in [5.74, 6) is -0.780. The van der Waals surface area contributed by atoms with E-state index in [1.165, 1.54) is 19.1 Å². The van der Waals surface area contributed by atoms with Gasteiger partial charge in [0.1, 0.15) is 11.8 Å². The summed E-state index contributed by atoms with van der Waals surface area (Å²) in [5, 5.41) is 11.8. The number of aromatic hydroxyl groups is 1. The third kappa shape index (κ3) is 4.89. The molecule has 0 saturated heterocycles. The van der Waals surface area contributed by atoms with Crippen LogP contribution in [0.15, 0.2) is 24.3 Å². The van der Waals surface area contributed by atoms with Gasteiger partial charge in [0.2, 0.25) is 5.91 Å². The molecule has 0 fully saturated rings. The maximum Gasteiger partial charge on any atom is 0.328 e. The maximum absolute atomic E-state index is 11.8. The maximum atomic E-state index is 11.8. The third-order valence-electron chi connectivity index (χ3n) is 2.68. The van der Waals surface area contributed by atoms with E-state index in [9.17, 15) is 14.7 Å². The van der Waals surface area contributed by atoms with E-state index < -0.39 is 24.0 Å². The van der Waals surface area contributed by atoms with Gasteiger partial charge in [-0.25, -0.2) is 4.79 Å². The van der Waals surface area contributed by atoms with Crippen molar-refractivity contribution in [3.63, 3.8) is 0 Å². The fraction of sp³-hybridized carbons (Fsp3) is 0.429. The fourth-order valence-corrected chi connectivity index (χ4v) is 1.61. The second kappa shape index (κ2) is 7.49. The lowest BCUT2D eigenvalue weighted by atomic mass is 10.1. The van der Waals surface area contributed by atoms with Crippen molar-refractivity contribution in [2.45, 2.75) is 32.4 Å². The summed E-state index contributed by atoms with van der Waals surface area (Å²) in [6, 6.07) is 4.90. The summed E-state index contributed by atoms with van der Waals surface area (Å²) in [5.41, 5.74) is 6.27. The third-order valence-corrected chi connectivity index (χ3v) is 2.68. The van der Waals surface area contributed by atoms with Gasteiger partial charge in [0.15, 0.2) is 0 Å². The number of phenolic OH excluding ortho intramolecular Hbond substituents is 1. The van der Waals surface area contributed by atoms with Crippen molar-refractivity contribution in [2.75, 3.05) is 6.61 Å². The average Bonchev–Trinajstić information content (AvgIpc) is 2.40. The van der Waals surface area contributed by atoms with Crippen LogP contribution >= 0.6 is 0 Å². The highest BCUT2D eigenvalue weighted by Crippen LogP contribution is 2.12. The quantitative estimate of drug-likeness (QED) is 0.652. The zero-order valence-corrected chi connectivity index (χ0v) is 11.6. The fourth-order valence-electron chi connectivity index (χ4n) is 1.61. The largest absolute Gasteiger partial charge is 0.508 e. The summed E-state index contributed by atoms with van der Waals surface area (Å²) in [6.45, 7) is 3.47. The van der Waals surface area contributed by atoms with Gasteiger partial charge in [0, 0.05) is 6.42 Å². The highest BCUT2D eigenvalue weighted by molar-refractivity contribution is 5.87. The minimum absolute atomic E-state index is 0.140. The van der Waals surface area contributed by atoms with Gasteiger partial charge in [-0.2, -0.15) is 0 Å². The van der Waals surface area contributed by atoms with E-state index in [-0.39, 0.29) is 18.8 Å². The number of carbonyl (C=O) groups is 2. The molecule has 1 aromatic rings. The Morgan fingerprint density at radius 3 is 2.45 bits per heavy atom. The summed E-state index contributed by atoms with van der Waals surface area (Å²) >= 11 is 0.